The Balaban J connectivity index is 5.50. The lowest BCUT2D eigenvalue weighted by Gasteiger charge is -2.35. The molecule has 8 heteroatoms. The molecule has 0 aromatic heterocycles. The predicted octanol–water partition coefficient (Wildman–Crippen LogP) is 1.97. The number of rotatable bonds is 8. The molecule has 0 rings (SSSR count). The Labute approximate surface area is 122 Å². The van der Waals surface area contributed by atoms with Gasteiger partial charge in [-0.3, -0.25) is 10.1 Å². The summed E-state index contributed by atoms with van der Waals surface area (Å²) in [6.45, 7) is 6.10. The second kappa shape index (κ2) is 8.21. The van der Waals surface area contributed by atoms with Gasteiger partial charge in [-0.25, -0.2) is 4.79 Å². The molecule has 0 saturated heterocycles. The molecule has 124 valence electrons. The van der Waals surface area contributed by atoms with Gasteiger partial charge in [-0.05, 0) is 19.3 Å². The normalized spacial score (nSPS) is 14.7. The van der Waals surface area contributed by atoms with Crippen LogP contribution < -0.4 is 10.6 Å². The van der Waals surface area contributed by atoms with Crippen LogP contribution >= 0.6 is 0 Å². The van der Waals surface area contributed by atoms with Crippen molar-refractivity contribution in [2.24, 2.45) is 5.92 Å². The number of nitrogens with one attached hydrogen (secondary N) is 2. The van der Waals surface area contributed by atoms with Crippen LogP contribution in [0.15, 0.2) is 0 Å². The molecule has 0 aromatic rings. The molecule has 2 N–H and O–H groups in total. The van der Waals surface area contributed by atoms with Gasteiger partial charge in [0, 0.05) is 13.0 Å². The van der Waals surface area contributed by atoms with Gasteiger partial charge < -0.3 is 10.1 Å². The average molecular weight is 312 g/mol. The highest BCUT2D eigenvalue weighted by molar-refractivity contribution is 5.88. The van der Waals surface area contributed by atoms with Crippen LogP contribution in [0.4, 0.5) is 13.2 Å². The fourth-order valence-corrected chi connectivity index (χ4v) is 1.55. The maximum atomic E-state index is 13.4. The van der Waals surface area contributed by atoms with Crippen molar-refractivity contribution in [1.29, 1.82) is 0 Å². The first-order chi connectivity index (χ1) is 9.60. The highest BCUT2D eigenvalue weighted by Crippen LogP contribution is 2.30. The number of carbonyl (C=O) groups excluding carboxylic acids is 2. The van der Waals surface area contributed by atoms with Crippen molar-refractivity contribution < 1.29 is 27.5 Å². The van der Waals surface area contributed by atoms with Gasteiger partial charge in [0.15, 0.2) is 0 Å². The highest BCUT2D eigenvalue weighted by Gasteiger charge is 2.62. The van der Waals surface area contributed by atoms with Gasteiger partial charge in [-0.1, -0.05) is 20.8 Å². The monoisotopic (exact) mass is 312 g/mol. The molecule has 21 heavy (non-hydrogen) atoms. The number of esters is 1. The highest BCUT2D eigenvalue weighted by atomic mass is 19.4. The Bertz CT molecular complexity index is 359. The minimum Gasteiger partial charge on any atom is -0.463 e. The Morgan fingerprint density at radius 1 is 1.19 bits per heavy atom. The molecular weight excluding hydrogens is 289 g/mol. The minimum atomic E-state index is -5.02. The van der Waals surface area contributed by atoms with Gasteiger partial charge in [0.25, 0.3) is 5.66 Å². The van der Waals surface area contributed by atoms with Gasteiger partial charge in [-0.15, -0.1) is 0 Å². The van der Waals surface area contributed by atoms with Crippen molar-refractivity contribution in [3.05, 3.63) is 0 Å². The fraction of sp³-hybridized carbons (Fsp3) is 0.846. The van der Waals surface area contributed by atoms with Crippen LogP contribution in [0, 0.1) is 5.92 Å². The lowest BCUT2D eigenvalue weighted by Crippen LogP contribution is -2.73. The van der Waals surface area contributed by atoms with Crippen LogP contribution in [-0.4, -0.2) is 36.9 Å². The number of ether oxygens (including phenoxy) is 1. The fourth-order valence-electron chi connectivity index (χ4n) is 1.55. The summed E-state index contributed by atoms with van der Waals surface area (Å²) >= 11 is 0. The van der Waals surface area contributed by atoms with Crippen LogP contribution in [0.5, 0.6) is 0 Å². The summed E-state index contributed by atoms with van der Waals surface area (Å²) in [5.74, 6) is -2.56. The van der Waals surface area contributed by atoms with Crippen molar-refractivity contribution in [2.45, 2.75) is 52.4 Å². The van der Waals surface area contributed by atoms with E-state index >= 15 is 0 Å². The van der Waals surface area contributed by atoms with Crippen molar-refractivity contribution >= 4 is 11.9 Å². The summed E-state index contributed by atoms with van der Waals surface area (Å²) < 4.78 is 44.8. The van der Waals surface area contributed by atoms with Gasteiger partial charge >= 0.3 is 12.1 Å². The van der Waals surface area contributed by atoms with Crippen LogP contribution in [-0.2, 0) is 14.3 Å². The molecule has 0 radical (unpaired) electrons. The summed E-state index contributed by atoms with van der Waals surface area (Å²) in [7, 11) is 0. The first-order valence-corrected chi connectivity index (χ1v) is 6.90. The second-order valence-electron chi connectivity index (χ2n) is 5.04. The van der Waals surface area contributed by atoms with E-state index in [9.17, 15) is 22.8 Å². The van der Waals surface area contributed by atoms with E-state index in [2.05, 4.69) is 10.1 Å². The Hall–Kier alpha value is -1.31. The van der Waals surface area contributed by atoms with E-state index in [0.29, 0.717) is 6.42 Å². The standard InChI is InChI=1S/C13H23F3N2O3/c1-5-7-10(19)18-12(13(14,15)16,11(20)21-6-2)17-8-9(3)4/h9,17H,5-8H2,1-4H3,(H,18,19)/t12-/m1/s1. The molecule has 0 heterocycles. The first-order valence-electron chi connectivity index (χ1n) is 6.90. The molecule has 1 atom stereocenters. The van der Waals surface area contributed by atoms with Crippen molar-refractivity contribution in [3.63, 3.8) is 0 Å². The van der Waals surface area contributed by atoms with Crippen LogP contribution in [0.1, 0.15) is 40.5 Å². The molecule has 5 nitrogen and oxygen atoms in total. The number of hydrogen-bond acceptors (Lipinski definition) is 4. The molecular formula is C13H23F3N2O3. The third-order valence-electron chi connectivity index (χ3n) is 2.59. The van der Waals surface area contributed by atoms with E-state index < -0.39 is 23.7 Å². The number of alkyl halides is 3. The molecule has 0 aromatic carbocycles. The van der Waals surface area contributed by atoms with E-state index in [0.717, 1.165) is 0 Å². The zero-order chi connectivity index (χ0) is 16.7. The van der Waals surface area contributed by atoms with E-state index in [1.54, 1.807) is 26.1 Å². The number of carbonyl (C=O) groups is 2. The molecule has 0 aliphatic rings. The summed E-state index contributed by atoms with van der Waals surface area (Å²) in [6, 6.07) is 0. The molecule has 0 unspecified atom stereocenters. The van der Waals surface area contributed by atoms with Gasteiger partial charge in [0.05, 0.1) is 6.61 Å². The Morgan fingerprint density at radius 2 is 1.76 bits per heavy atom. The SMILES string of the molecule is CCCC(=O)N[C@](NCC(C)C)(C(=O)OCC)C(F)(F)F. The Kier molecular flexibility index (Phi) is 7.70. The van der Waals surface area contributed by atoms with E-state index in [1.807, 2.05) is 0 Å². The van der Waals surface area contributed by atoms with Crippen molar-refractivity contribution in [3.8, 4) is 0 Å². The maximum Gasteiger partial charge on any atom is 0.436 e. The Morgan fingerprint density at radius 3 is 2.14 bits per heavy atom. The summed E-state index contributed by atoms with van der Waals surface area (Å²) in [6.07, 6.45) is -4.76. The maximum absolute atomic E-state index is 13.4. The van der Waals surface area contributed by atoms with Gasteiger partial charge in [0.2, 0.25) is 5.91 Å². The molecule has 0 aliphatic carbocycles. The third-order valence-corrected chi connectivity index (χ3v) is 2.59. The smallest absolute Gasteiger partial charge is 0.436 e. The third kappa shape index (κ3) is 5.53. The first kappa shape index (κ1) is 19.7. The average Bonchev–Trinajstić information content (AvgIpc) is 2.33. The van der Waals surface area contributed by atoms with Gasteiger partial charge in [0.1, 0.15) is 0 Å². The summed E-state index contributed by atoms with van der Waals surface area (Å²) in [5, 5.41) is 3.88. The number of hydrogen-bond donors (Lipinski definition) is 2. The lowest BCUT2D eigenvalue weighted by molar-refractivity contribution is -0.222. The predicted molar refractivity (Wildman–Crippen MR) is 71.3 cm³/mol. The number of amides is 1. The van der Waals surface area contributed by atoms with Crippen LogP contribution in [0.25, 0.3) is 0 Å². The number of halogens is 3. The molecule has 1 amide bonds. The summed E-state index contributed by atoms with van der Waals surface area (Å²) in [5.41, 5.74) is -3.21. The summed E-state index contributed by atoms with van der Waals surface area (Å²) in [4.78, 5) is 23.4. The molecule has 0 aliphatic heterocycles. The lowest BCUT2D eigenvalue weighted by atomic mass is 10.1. The topological polar surface area (TPSA) is 67.4 Å². The van der Waals surface area contributed by atoms with Crippen LogP contribution in [0.3, 0.4) is 0 Å². The zero-order valence-corrected chi connectivity index (χ0v) is 12.8. The van der Waals surface area contributed by atoms with E-state index in [-0.39, 0.29) is 25.5 Å². The largest absolute Gasteiger partial charge is 0.463 e. The van der Waals surface area contributed by atoms with E-state index in [4.69, 9.17) is 0 Å². The van der Waals surface area contributed by atoms with E-state index in [1.165, 1.54) is 6.92 Å². The quantitative estimate of drug-likeness (QED) is 0.531. The molecule has 0 saturated carbocycles. The molecule has 0 spiro atoms. The zero-order valence-electron chi connectivity index (χ0n) is 12.8. The molecule has 0 bridgehead atoms. The minimum absolute atomic E-state index is 0.106. The van der Waals surface area contributed by atoms with Crippen LogP contribution in [0.2, 0.25) is 0 Å². The second-order valence-corrected chi connectivity index (χ2v) is 5.04. The van der Waals surface area contributed by atoms with Crippen molar-refractivity contribution in [1.82, 2.24) is 10.6 Å². The molecule has 0 fully saturated rings. The van der Waals surface area contributed by atoms with Gasteiger partial charge in [-0.2, -0.15) is 13.2 Å². The van der Waals surface area contributed by atoms with Crippen molar-refractivity contribution in [2.75, 3.05) is 13.2 Å².